The van der Waals surface area contributed by atoms with Crippen LogP contribution in [0.2, 0.25) is 0 Å². The van der Waals surface area contributed by atoms with Gasteiger partial charge >= 0.3 is 23.9 Å². The zero-order valence-electron chi connectivity index (χ0n) is 14.6. The Hall–Kier alpha value is -2.38. The second-order valence-electron chi connectivity index (χ2n) is 7.25. The van der Waals surface area contributed by atoms with Crippen LogP contribution in [0.5, 0.6) is 0 Å². The van der Waals surface area contributed by atoms with E-state index in [1.165, 1.54) is 0 Å². The van der Waals surface area contributed by atoms with Crippen molar-refractivity contribution in [1.82, 2.24) is 0 Å². The van der Waals surface area contributed by atoms with E-state index in [1.54, 1.807) is 6.92 Å². The average Bonchev–Trinajstić information content (AvgIpc) is 3.17. The molecule has 1 heterocycles. The Bertz CT molecular complexity index is 668. The lowest BCUT2D eigenvalue weighted by Crippen LogP contribution is -2.54. The van der Waals surface area contributed by atoms with Gasteiger partial charge in [0, 0.05) is 23.8 Å². The first-order chi connectivity index (χ1) is 12.3. The summed E-state index contributed by atoms with van der Waals surface area (Å²) in [5, 5.41) is 9.63. The second-order valence-corrected chi connectivity index (χ2v) is 7.25. The molecule has 3 fully saturated rings. The number of carbonyl (C=O) groups excluding carboxylic acids is 3. The molecule has 142 valence electrons. The lowest BCUT2D eigenvalue weighted by Gasteiger charge is -2.33. The van der Waals surface area contributed by atoms with Crippen molar-refractivity contribution >= 4 is 23.9 Å². The number of rotatable bonds is 8. The topological polar surface area (TPSA) is 116 Å². The van der Waals surface area contributed by atoms with Crippen molar-refractivity contribution in [3.63, 3.8) is 0 Å². The third-order valence-corrected chi connectivity index (χ3v) is 5.52. The van der Waals surface area contributed by atoms with E-state index in [-0.39, 0.29) is 18.9 Å². The van der Waals surface area contributed by atoms with Crippen LogP contribution in [0, 0.1) is 17.8 Å². The van der Waals surface area contributed by atoms with E-state index < -0.39 is 47.4 Å². The number of esters is 3. The van der Waals surface area contributed by atoms with E-state index >= 15 is 0 Å². The van der Waals surface area contributed by atoms with Crippen LogP contribution in [-0.2, 0) is 33.4 Å². The number of hydrogen-bond acceptors (Lipinski definition) is 7. The Morgan fingerprint density at radius 2 is 2.04 bits per heavy atom. The first kappa shape index (κ1) is 18.4. The third kappa shape index (κ3) is 2.87. The number of carboxylic acids is 1. The van der Waals surface area contributed by atoms with Crippen molar-refractivity contribution in [2.75, 3.05) is 6.61 Å². The highest BCUT2D eigenvalue weighted by Gasteiger charge is 2.76. The summed E-state index contributed by atoms with van der Waals surface area (Å²) in [6.07, 6.45) is 1.09. The Morgan fingerprint density at radius 1 is 1.31 bits per heavy atom. The van der Waals surface area contributed by atoms with Crippen molar-refractivity contribution in [2.24, 2.45) is 17.8 Å². The first-order valence-electron chi connectivity index (χ1n) is 8.75. The molecule has 0 aromatic heterocycles. The number of unbranched alkanes of at least 4 members (excludes halogenated alkanes) is 1. The van der Waals surface area contributed by atoms with Gasteiger partial charge in [0.05, 0.1) is 12.5 Å². The van der Waals surface area contributed by atoms with Crippen molar-refractivity contribution in [3.05, 3.63) is 12.2 Å². The van der Waals surface area contributed by atoms with Crippen molar-refractivity contribution < 1.29 is 38.5 Å². The molecule has 2 bridgehead atoms. The van der Waals surface area contributed by atoms with Crippen LogP contribution in [0.1, 0.15) is 39.0 Å². The molecule has 8 nitrogen and oxygen atoms in total. The maximum atomic E-state index is 12.1. The molecule has 26 heavy (non-hydrogen) atoms. The van der Waals surface area contributed by atoms with Gasteiger partial charge in [0.2, 0.25) is 5.60 Å². The van der Waals surface area contributed by atoms with E-state index in [0.717, 1.165) is 0 Å². The van der Waals surface area contributed by atoms with Gasteiger partial charge in [-0.25, -0.2) is 9.59 Å². The molecule has 2 aliphatic carbocycles. The quantitative estimate of drug-likeness (QED) is 0.295. The van der Waals surface area contributed by atoms with E-state index in [0.29, 0.717) is 31.3 Å². The molecule has 1 N–H and O–H groups in total. The van der Waals surface area contributed by atoms with Crippen LogP contribution in [0.25, 0.3) is 0 Å². The Morgan fingerprint density at radius 3 is 2.69 bits per heavy atom. The van der Waals surface area contributed by atoms with Gasteiger partial charge < -0.3 is 19.3 Å². The van der Waals surface area contributed by atoms with E-state index in [1.807, 2.05) is 0 Å². The molecular formula is C18H22O8. The van der Waals surface area contributed by atoms with Crippen LogP contribution < -0.4 is 0 Å². The molecule has 0 radical (unpaired) electrons. The summed E-state index contributed by atoms with van der Waals surface area (Å²) in [6.45, 7) is 5.19. The average molecular weight is 366 g/mol. The van der Waals surface area contributed by atoms with Crippen LogP contribution in [-0.4, -0.2) is 47.3 Å². The maximum Gasteiger partial charge on any atom is 0.352 e. The normalized spacial score (nSPS) is 33.7. The molecule has 1 saturated heterocycles. The van der Waals surface area contributed by atoms with Gasteiger partial charge in [-0.2, -0.15) is 0 Å². The molecule has 0 aromatic carbocycles. The summed E-state index contributed by atoms with van der Waals surface area (Å²) >= 11 is 0. The summed E-state index contributed by atoms with van der Waals surface area (Å²) < 4.78 is 15.6. The Balaban J connectivity index is 1.50. The van der Waals surface area contributed by atoms with E-state index in [9.17, 15) is 24.3 Å². The molecule has 2 saturated carbocycles. The molecule has 1 aliphatic heterocycles. The third-order valence-electron chi connectivity index (χ3n) is 5.52. The Kier molecular flexibility index (Phi) is 4.77. The highest BCUT2D eigenvalue weighted by atomic mass is 16.6. The number of hydrogen-bond donors (Lipinski definition) is 1. The first-order valence-corrected chi connectivity index (χ1v) is 8.75. The summed E-state index contributed by atoms with van der Waals surface area (Å²) in [5.74, 6) is -3.73. The molecule has 8 heteroatoms. The second kappa shape index (κ2) is 6.74. The fraction of sp³-hybridized carbons (Fsp3) is 0.667. The Labute approximate surface area is 150 Å². The van der Waals surface area contributed by atoms with E-state index in [4.69, 9.17) is 14.2 Å². The van der Waals surface area contributed by atoms with Crippen molar-refractivity contribution in [2.45, 2.75) is 50.7 Å². The molecule has 5 unspecified atom stereocenters. The minimum absolute atomic E-state index is 0.0750. The predicted molar refractivity (Wildman–Crippen MR) is 85.7 cm³/mol. The van der Waals surface area contributed by atoms with Gasteiger partial charge in [-0.1, -0.05) is 6.58 Å². The molecule has 0 aromatic rings. The van der Waals surface area contributed by atoms with Gasteiger partial charge in [-0.15, -0.1) is 0 Å². The zero-order valence-corrected chi connectivity index (χ0v) is 14.6. The van der Waals surface area contributed by atoms with Crippen molar-refractivity contribution in [1.29, 1.82) is 0 Å². The highest BCUT2D eigenvalue weighted by molar-refractivity contribution is 5.90. The number of carbonyl (C=O) groups is 4. The van der Waals surface area contributed by atoms with Crippen molar-refractivity contribution in [3.8, 4) is 0 Å². The fourth-order valence-electron chi connectivity index (χ4n) is 4.36. The fourth-order valence-corrected chi connectivity index (χ4v) is 4.36. The van der Waals surface area contributed by atoms with E-state index in [2.05, 4.69) is 6.58 Å². The number of aliphatic carboxylic acids is 1. The number of carboxylic acid groups (broad SMARTS) is 1. The standard InChI is InChI=1S/C18H22O8/c1-9(2)15(20)24-6-4-3-5-13(19)25-14-10-7-11-12(8-10)18(14,17(22)23)26-16(11)21/h10-12,14H,1,3-8H2,2H3,(H,22,23). The number of fused-ring (bicyclic) bond motifs is 1. The van der Waals surface area contributed by atoms with Gasteiger partial charge in [-0.3, -0.25) is 9.59 Å². The van der Waals surface area contributed by atoms with Crippen LogP contribution in [0.4, 0.5) is 0 Å². The molecular weight excluding hydrogens is 344 g/mol. The SMILES string of the molecule is C=C(C)C(=O)OCCCCC(=O)OC1C2CC3C(=O)OC1(C(=O)O)C3C2. The van der Waals surface area contributed by atoms with Gasteiger partial charge in [0.1, 0.15) is 0 Å². The summed E-state index contributed by atoms with van der Waals surface area (Å²) in [6, 6.07) is 0. The van der Waals surface area contributed by atoms with Crippen LogP contribution in [0.15, 0.2) is 12.2 Å². The predicted octanol–water partition coefficient (Wildman–Crippen LogP) is 1.22. The summed E-state index contributed by atoms with van der Waals surface area (Å²) in [5.41, 5.74) is -1.42. The molecule has 3 rings (SSSR count). The minimum atomic E-state index is -1.72. The molecule has 5 atom stereocenters. The summed E-state index contributed by atoms with van der Waals surface area (Å²) in [7, 11) is 0. The van der Waals surface area contributed by atoms with Gasteiger partial charge in [-0.05, 0) is 32.6 Å². The zero-order chi connectivity index (χ0) is 19.1. The van der Waals surface area contributed by atoms with Crippen LogP contribution in [0.3, 0.4) is 0 Å². The highest BCUT2D eigenvalue weighted by Crippen LogP contribution is 2.61. The molecule has 0 spiro atoms. The van der Waals surface area contributed by atoms with Gasteiger partial charge in [0.25, 0.3) is 0 Å². The van der Waals surface area contributed by atoms with Crippen LogP contribution >= 0.6 is 0 Å². The molecule has 3 aliphatic rings. The monoisotopic (exact) mass is 366 g/mol. The maximum absolute atomic E-state index is 12.1. The number of ether oxygens (including phenoxy) is 3. The smallest absolute Gasteiger partial charge is 0.352 e. The lowest BCUT2D eigenvalue weighted by molar-refractivity contribution is -0.192. The minimum Gasteiger partial charge on any atom is -0.478 e. The molecule has 0 amide bonds. The van der Waals surface area contributed by atoms with Gasteiger partial charge in [0.15, 0.2) is 6.10 Å². The summed E-state index contributed by atoms with van der Waals surface area (Å²) in [4.78, 5) is 47.1. The largest absolute Gasteiger partial charge is 0.478 e. The lowest BCUT2D eigenvalue weighted by atomic mass is 9.78.